The molecule has 0 saturated carbocycles. The molecule has 1 saturated heterocycles. The van der Waals surface area contributed by atoms with Crippen molar-refractivity contribution in [2.24, 2.45) is 5.92 Å². The Bertz CT molecular complexity index is 594. The highest BCUT2D eigenvalue weighted by atomic mass is 32.1. The molecule has 144 valence electrons. The first kappa shape index (κ1) is 20.5. The molecule has 7 heteroatoms. The maximum absolute atomic E-state index is 12.8. The smallest absolute Gasteiger partial charge is 0.225 e. The Morgan fingerprint density at radius 1 is 1.23 bits per heavy atom. The number of methoxy groups -OCH3 is 2. The standard InChI is InChI=1S/C19H29N3O3S/c1-4-20-19(26)22-12-16(14-6-8-15(25-3)9-7-14)17(13-22)18(23)21-10-5-11-24-2/h6-9,16-17H,4-5,10-13H2,1-3H3,(H,20,26)(H,21,23)/t16-,17+/m1/s1. The summed E-state index contributed by atoms with van der Waals surface area (Å²) >= 11 is 5.46. The third-order valence-corrected chi connectivity index (χ3v) is 5.04. The van der Waals surface area contributed by atoms with Crippen molar-refractivity contribution < 1.29 is 14.3 Å². The molecule has 1 fully saturated rings. The van der Waals surface area contributed by atoms with Crippen molar-refractivity contribution in [3.8, 4) is 5.75 Å². The van der Waals surface area contributed by atoms with Crippen LogP contribution < -0.4 is 15.4 Å². The van der Waals surface area contributed by atoms with Gasteiger partial charge < -0.3 is 25.0 Å². The van der Waals surface area contributed by atoms with Gasteiger partial charge in [0, 0.05) is 45.8 Å². The second-order valence-electron chi connectivity index (χ2n) is 6.36. The van der Waals surface area contributed by atoms with Gasteiger partial charge in [-0.05, 0) is 43.3 Å². The molecular formula is C19H29N3O3S. The predicted octanol–water partition coefficient (Wildman–Crippen LogP) is 1.76. The topological polar surface area (TPSA) is 62.8 Å². The van der Waals surface area contributed by atoms with E-state index >= 15 is 0 Å². The Kier molecular flexibility index (Phi) is 8.12. The molecule has 2 atom stereocenters. The average Bonchev–Trinajstić information content (AvgIpc) is 3.11. The molecule has 1 aliphatic heterocycles. The van der Waals surface area contributed by atoms with Gasteiger partial charge in [-0.3, -0.25) is 4.79 Å². The summed E-state index contributed by atoms with van der Waals surface area (Å²) in [6, 6.07) is 7.95. The Morgan fingerprint density at radius 2 is 1.96 bits per heavy atom. The molecular weight excluding hydrogens is 350 g/mol. The quantitative estimate of drug-likeness (QED) is 0.530. The first-order valence-corrected chi connectivity index (χ1v) is 9.44. The van der Waals surface area contributed by atoms with Gasteiger partial charge in [-0.2, -0.15) is 0 Å². The van der Waals surface area contributed by atoms with E-state index in [0.717, 1.165) is 30.8 Å². The average molecular weight is 380 g/mol. The van der Waals surface area contributed by atoms with Gasteiger partial charge in [-0.25, -0.2) is 0 Å². The number of ether oxygens (including phenoxy) is 2. The summed E-state index contributed by atoms with van der Waals surface area (Å²) in [5, 5.41) is 6.93. The van der Waals surface area contributed by atoms with Gasteiger partial charge in [-0.15, -0.1) is 0 Å². The number of benzene rings is 1. The second-order valence-corrected chi connectivity index (χ2v) is 6.75. The minimum atomic E-state index is -0.137. The number of nitrogens with zero attached hydrogens (tertiary/aromatic N) is 1. The molecule has 1 aromatic carbocycles. The van der Waals surface area contributed by atoms with Gasteiger partial charge in [0.15, 0.2) is 5.11 Å². The van der Waals surface area contributed by atoms with Crippen LogP contribution in [0, 0.1) is 5.92 Å². The van der Waals surface area contributed by atoms with E-state index in [9.17, 15) is 4.79 Å². The van der Waals surface area contributed by atoms with E-state index < -0.39 is 0 Å². The number of thiocarbonyl (C=S) groups is 1. The molecule has 0 aromatic heterocycles. The summed E-state index contributed by atoms with van der Waals surface area (Å²) in [6.45, 7) is 5.41. The van der Waals surface area contributed by atoms with Crippen molar-refractivity contribution in [3.63, 3.8) is 0 Å². The summed E-state index contributed by atoms with van der Waals surface area (Å²) in [4.78, 5) is 14.9. The second kappa shape index (κ2) is 10.3. The molecule has 0 radical (unpaired) electrons. The van der Waals surface area contributed by atoms with Crippen LogP contribution in [0.15, 0.2) is 24.3 Å². The molecule has 1 heterocycles. The van der Waals surface area contributed by atoms with Gasteiger partial charge >= 0.3 is 0 Å². The summed E-state index contributed by atoms with van der Waals surface area (Å²) in [5.74, 6) is 0.846. The maximum Gasteiger partial charge on any atom is 0.225 e. The van der Waals surface area contributed by atoms with Crippen LogP contribution >= 0.6 is 12.2 Å². The summed E-state index contributed by atoms with van der Waals surface area (Å²) in [5.41, 5.74) is 1.13. The zero-order chi connectivity index (χ0) is 18.9. The minimum absolute atomic E-state index is 0.0729. The van der Waals surface area contributed by atoms with E-state index in [0.29, 0.717) is 24.8 Å². The lowest BCUT2D eigenvalue weighted by Gasteiger charge is -2.19. The van der Waals surface area contributed by atoms with Crippen molar-refractivity contribution in [1.82, 2.24) is 15.5 Å². The van der Waals surface area contributed by atoms with Crippen molar-refractivity contribution >= 4 is 23.2 Å². The van der Waals surface area contributed by atoms with Gasteiger partial charge in [0.25, 0.3) is 0 Å². The maximum atomic E-state index is 12.8. The number of rotatable bonds is 8. The number of carbonyl (C=O) groups excluding carboxylic acids is 1. The van der Waals surface area contributed by atoms with E-state index in [4.69, 9.17) is 21.7 Å². The van der Waals surface area contributed by atoms with Crippen LogP contribution in [0.3, 0.4) is 0 Å². The van der Waals surface area contributed by atoms with Crippen molar-refractivity contribution in [2.75, 3.05) is 47.0 Å². The molecule has 0 aliphatic carbocycles. The third kappa shape index (κ3) is 5.32. The number of hydrogen-bond donors (Lipinski definition) is 2. The lowest BCUT2D eigenvalue weighted by molar-refractivity contribution is -0.124. The van der Waals surface area contributed by atoms with Crippen LogP contribution in [0.4, 0.5) is 0 Å². The monoisotopic (exact) mass is 379 g/mol. The van der Waals surface area contributed by atoms with E-state index in [2.05, 4.69) is 15.5 Å². The van der Waals surface area contributed by atoms with E-state index in [1.165, 1.54) is 0 Å². The fourth-order valence-corrected chi connectivity index (χ4v) is 3.54. The SMILES string of the molecule is CCNC(=S)N1C[C@H](C(=O)NCCCOC)[C@@H](c2ccc(OC)cc2)C1. The summed E-state index contributed by atoms with van der Waals surface area (Å²) < 4.78 is 10.3. The first-order chi connectivity index (χ1) is 12.6. The van der Waals surface area contributed by atoms with Crippen LogP contribution in [0.5, 0.6) is 5.75 Å². The Balaban J connectivity index is 2.11. The van der Waals surface area contributed by atoms with Crippen LogP contribution in [0.25, 0.3) is 0 Å². The van der Waals surface area contributed by atoms with Crippen LogP contribution in [0.2, 0.25) is 0 Å². The van der Waals surface area contributed by atoms with Gasteiger partial charge in [0.05, 0.1) is 13.0 Å². The van der Waals surface area contributed by atoms with Crippen molar-refractivity contribution in [3.05, 3.63) is 29.8 Å². The van der Waals surface area contributed by atoms with Gasteiger partial charge in [-0.1, -0.05) is 12.1 Å². The minimum Gasteiger partial charge on any atom is -0.497 e. The number of amides is 1. The van der Waals surface area contributed by atoms with E-state index in [-0.39, 0.29) is 17.7 Å². The lowest BCUT2D eigenvalue weighted by atomic mass is 9.88. The highest BCUT2D eigenvalue weighted by Gasteiger charge is 2.39. The van der Waals surface area contributed by atoms with Crippen LogP contribution in [-0.4, -0.2) is 62.9 Å². The number of likely N-dealkylation sites (tertiary alicyclic amines) is 1. The fraction of sp³-hybridized carbons (Fsp3) is 0.579. The Hall–Kier alpha value is -1.86. The van der Waals surface area contributed by atoms with Crippen LogP contribution in [0.1, 0.15) is 24.8 Å². The lowest BCUT2D eigenvalue weighted by Crippen LogP contribution is -2.40. The zero-order valence-corrected chi connectivity index (χ0v) is 16.6. The summed E-state index contributed by atoms with van der Waals surface area (Å²) in [6.07, 6.45) is 0.807. The molecule has 1 aromatic rings. The van der Waals surface area contributed by atoms with E-state index in [1.807, 2.05) is 31.2 Å². The highest BCUT2D eigenvalue weighted by Crippen LogP contribution is 2.33. The number of hydrogen-bond acceptors (Lipinski definition) is 4. The first-order valence-electron chi connectivity index (χ1n) is 9.04. The van der Waals surface area contributed by atoms with Gasteiger partial charge in [0.2, 0.25) is 5.91 Å². The summed E-state index contributed by atoms with van der Waals surface area (Å²) in [7, 11) is 3.31. The molecule has 26 heavy (non-hydrogen) atoms. The molecule has 6 nitrogen and oxygen atoms in total. The van der Waals surface area contributed by atoms with Crippen molar-refractivity contribution in [2.45, 2.75) is 19.3 Å². The largest absolute Gasteiger partial charge is 0.497 e. The molecule has 1 aliphatic rings. The molecule has 0 bridgehead atoms. The zero-order valence-electron chi connectivity index (χ0n) is 15.8. The van der Waals surface area contributed by atoms with Gasteiger partial charge in [0.1, 0.15) is 5.75 Å². The molecule has 2 N–H and O–H groups in total. The normalized spacial score (nSPS) is 19.3. The molecule has 0 unspecified atom stereocenters. The predicted molar refractivity (Wildman–Crippen MR) is 107 cm³/mol. The molecule has 0 spiro atoms. The number of carbonyl (C=O) groups is 1. The Morgan fingerprint density at radius 3 is 2.58 bits per heavy atom. The van der Waals surface area contributed by atoms with Crippen molar-refractivity contribution in [1.29, 1.82) is 0 Å². The van der Waals surface area contributed by atoms with Crippen LogP contribution in [-0.2, 0) is 9.53 Å². The third-order valence-electron chi connectivity index (χ3n) is 4.64. The Labute approximate surface area is 161 Å². The van der Waals surface area contributed by atoms with E-state index in [1.54, 1.807) is 14.2 Å². The highest BCUT2D eigenvalue weighted by molar-refractivity contribution is 7.80. The molecule has 2 rings (SSSR count). The molecule has 1 amide bonds. The fourth-order valence-electron chi connectivity index (χ4n) is 3.25. The number of nitrogens with one attached hydrogen (secondary N) is 2.